The van der Waals surface area contributed by atoms with Crippen LogP contribution in [0.5, 0.6) is 0 Å². The van der Waals surface area contributed by atoms with Gasteiger partial charge in [0.25, 0.3) is 0 Å². The van der Waals surface area contributed by atoms with Crippen LogP contribution in [0.25, 0.3) is 0 Å². The van der Waals surface area contributed by atoms with Gasteiger partial charge in [0.2, 0.25) is 11.1 Å². The number of rotatable bonds is 7. The highest BCUT2D eigenvalue weighted by atomic mass is 32.2. The van der Waals surface area contributed by atoms with E-state index in [0.717, 1.165) is 18.7 Å². The third-order valence-electron chi connectivity index (χ3n) is 4.76. The summed E-state index contributed by atoms with van der Waals surface area (Å²) in [5, 5.41) is 11.7. The maximum atomic E-state index is 12.4. The van der Waals surface area contributed by atoms with Crippen LogP contribution in [0, 0.1) is 0 Å². The number of amides is 1. The molecule has 0 saturated heterocycles. The van der Waals surface area contributed by atoms with E-state index in [9.17, 15) is 9.59 Å². The van der Waals surface area contributed by atoms with Crippen LogP contribution in [-0.4, -0.2) is 38.6 Å². The molecule has 1 amide bonds. The lowest BCUT2D eigenvalue weighted by Gasteiger charge is -2.20. The van der Waals surface area contributed by atoms with E-state index < -0.39 is 5.97 Å². The normalized spacial score (nSPS) is 14.7. The first-order valence-corrected chi connectivity index (χ1v) is 10.9. The third-order valence-corrected chi connectivity index (χ3v) is 5.70. The summed E-state index contributed by atoms with van der Waals surface area (Å²) in [7, 11) is 0. The van der Waals surface area contributed by atoms with Gasteiger partial charge in [-0.1, -0.05) is 43.2 Å². The fraction of sp³-hybridized carbons (Fsp3) is 0.500. The minimum absolute atomic E-state index is 0.105. The average molecular weight is 418 g/mol. The van der Waals surface area contributed by atoms with Gasteiger partial charge < -0.3 is 15.9 Å². The van der Waals surface area contributed by atoms with Crippen LogP contribution in [0.1, 0.15) is 68.1 Å². The van der Waals surface area contributed by atoms with Gasteiger partial charge in [0, 0.05) is 5.92 Å². The summed E-state index contributed by atoms with van der Waals surface area (Å²) in [4.78, 5) is 24.6. The molecule has 3 rings (SSSR count). The topological polar surface area (TPSA) is 112 Å². The van der Waals surface area contributed by atoms with E-state index in [2.05, 4.69) is 15.5 Å². The summed E-state index contributed by atoms with van der Waals surface area (Å²) in [5.74, 6) is 6.66. The van der Waals surface area contributed by atoms with Crippen LogP contribution < -0.4 is 11.2 Å². The zero-order valence-corrected chi connectivity index (χ0v) is 17.6. The molecule has 0 bridgehead atoms. The molecule has 0 aliphatic heterocycles. The summed E-state index contributed by atoms with van der Waals surface area (Å²) >= 11 is 1.22. The molecule has 29 heavy (non-hydrogen) atoms. The second-order valence-corrected chi connectivity index (χ2v) is 8.32. The molecule has 156 valence electrons. The number of benzene rings is 1. The highest BCUT2D eigenvalue weighted by molar-refractivity contribution is 7.99. The fourth-order valence-electron chi connectivity index (χ4n) is 3.39. The standard InChI is InChI=1S/C20H27N5O3S/c1-13(2)28-19(27)15-10-6-7-11-16(15)22-17(26)12-29-20-24-23-18(25(20)21)14-8-4-3-5-9-14/h6-7,10-11,13-14H,3-5,8-9,12,21H2,1-2H3,(H,22,26). The van der Waals surface area contributed by atoms with Crippen molar-refractivity contribution in [3.05, 3.63) is 35.7 Å². The first-order chi connectivity index (χ1) is 14.0. The van der Waals surface area contributed by atoms with Crippen LogP contribution >= 0.6 is 11.8 Å². The van der Waals surface area contributed by atoms with Gasteiger partial charge in [-0.05, 0) is 38.8 Å². The molecule has 3 N–H and O–H groups in total. The molecule has 1 heterocycles. The molecule has 1 aliphatic carbocycles. The molecular weight excluding hydrogens is 390 g/mol. The lowest BCUT2D eigenvalue weighted by molar-refractivity contribution is -0.113. The van der Waals surface area contributed by atoms with E-state index in [1.807, 2.05) is 0 Å². The summed E-state index contributed by atoms with van der Waals surface area (Å²) in [6.07, 6.45) is 5.52. The summed E-state index contributed by atoms with van der Waals surface area (Å²) in [6, 6.07) is 6.78. The van der Waals surface area contributed by atoms with Crippen LogP contribution in [-0.2, 0) is 9.53 Å². The summed E-state index contributed by atoms with van der Waals surface area (Å²) in [6.45, 7) is 3.56. The van der Waals surface area contributed by atoms with Crippen molar-refractivity contribution in [2.24, 2.45) is 0 Å². The predicted molar refractivity (Wildman–Crippen MR) is 112 cm³/mol. The smallest absolute Gasteiger partial charge is 0.340 e. The molecule has 0 atom stereocenters. The van der Waals surface area contributed by atoms with E-state index in [1.54, 1.807) is 38.1 Å². The second-order valence-electron chi connectivity index (χ2n) is 7.38. The minimum Gasteiger partial charge on any atom is -0.459 e. The van der Waals surface area contributed by atoms with Crippen molar-refractivity contribution in [2.45, 2.75) is 63.1 Å². The molecule has 1 saturated carbocycles. The Hall–Kier alpha value is -2.55. The van der Waals surface area contributed by atoms with Gasteiger partial charge in [-0.25, -0.2) is 9.47 Å². The Balaban J connectivity index is 1.60. The molecule has 9 heteroatoms. The number of anilines is 1. The van der Waals surface area contributed by atoms with E-state index in [4.69, 9.17) is 10.6 Å². The number of thioether (sulfide) groups is 1. The van der Waals surface area contributed by atoms with Crippen molar-refractivity contribution >= 4 is 29.3 Å². The highest BCUT2D eigenvalue weighted by Crippen LogP contribution is 2.32. The Morgan fingerprint density at radius 2 is 1.97 bits per heavy atom. The number of nitrogens with one attached hydrogen (secondary N) is 1. The van der Waals surface area contributed by atoms with Gasteiger partial charge in [-0.15, -0.1) is 10.2 Å². The van der Waals surface area contributed by atoms with Crippen molar-refractivity contribution in [2.75, 3.05) is 16.9 Å². The van der Waals surface area contributed by atoms with Gasteiger partial charge in [0.05, 0.1) is 23.1 Å². The third kappa shape index (κ3) is 5.50. The van der Waals surface area contributed by atoms with Crippen molar-refractivity contribution < 1.29 is 14.3 Å². The molecule has 0 unspecified atom stereocenters. The molecule has 1 aliphatic rings. The van der Waals surface area contributed by atoms with Gasteiger partial charge >= 0.3 is 5.97 Å². The molecule has 1 aromatic carbocycles. The van der Waals surface area contributed by atoms with Crippen molar-refractivity contribution in [3.63, 3.8) is 0 Å². The lowest BCUT2D eigenvalue weighted by Crippen LogP contribution is -2.20. The van der Waals surface area contributed by atoms with Gasteiger partial charge in [0.15, 0.2) is 5.82 Å². The number of nitrogens with zero attached hydrogens (tertiary/aromatic N) is 3. The van der Waals surface area contributed by atoms with Gasteiger partial charge in [-0.2, -0.15) is 0 Å². The second kappa shape index (κ2) is 9.78. The van der Waals surface area contributed by atoms with E-state index in [-0.39, 0.29) is 17.8 Å². The Labute approximate surface area is 174 Å². The van der Waals surface area contributed by atoms with Crippen LogP contribution in [0.15, 0.2) is 29.4 Å². The molecule has 2 aromatic rings. The number of nitrogens with two attached hydrogens (primary N) is 1. The molecule has 8 nitrogen and oxygen atoms in total. The summed E-state index contributed by atoms with van der Waals surface area (Å²) < 4.78 is 6.73. The number of carbonyl (C=O) groups excluding carboxylic acids is 2. The van der Waals surface area contributed by atoms with Gasteiger partial charge in [-0.3, -0.25) is 4.79 Å². The Bertz CT molecular complexity index is 862. The molecule has 1 aromatic heterocycles. The number of carbonyl (C=O) groups is 2. The molecule has 1 fully saturated rings. The lowest BCUT2D eigenvalue weighted by atomic mass is 9.89. The van der Waals surface area contributed by atoms with E-state index in [0.29, 0.717) is 22.3 Å². The molecule has 0 radical (unpaired) electrons. The number of hydrogen-bond donors (Lipinski definition) is 2. The highest BCUT2D eigenvalue weighted by Gasteiger charge is 2.23. The number of nitrogen functional groups attached to an aromatic ring is 1. The number of esters is 1. The minimum atomic E-state index is -0.470. The maximum absolute atomic E-state index is 12.4. The monoisotopic (exact) mass is 417 g/mol. The molecule has 0 spiro atoms. The Morgan fingerprint density at radius 3 is 2.69 bits per heavy atom. The largest absolute Gasteiger partial charge is 0.459 e. The first kappa shape index (κ1) is 21.2. The van der Waals surface area contributed by atoms with Crippen molar-refractivity contribution in [1.29, 1.82) is 0 Å². The average Bonchev–Trinajstić information content (AvgIpc) is 3.07. The van der Waals surface area contributed by atoms with E-state index in [1.165, 1.54) is 35.7 Å². The van der Waals surface area contributed by atoms with Gasteiger partial charge in [0.1, 0.15) is 0 Å². The predicted octanol–water partition coefficient (Wildman–Crippen LogP) is 3.34. The summed E-state index contributed by atoms with van der Waals surface area (Å²) in [5.41, 5.74) is 0.738. The van der Waals surface area contributed by atoms with Crippen LogP contribution in [0.2, 0.25) is 0 Å². The van der Waals surface area contributed by atoms with E-state index >= 15 is 0 Å². The zero-order valence-electron chi connectivity index (χ0n) is 16.8. The number of para-hydroxylation sites is 1. The SMILES string of the molecule is CC(C)OC(=O)c1ccccc1NC(=O)CSc1nnc(C2CCCCC2)n1N. The quantitative estimate of drug-likeness (QED) is 0.404. The number of ether oxygens (including phenoxy) is 1. The first-order valence-electron chi connectivity index (χ1n) is 9.88. The fourth-order valence-corrected chi connectivity index (χ4v) is 4.05. The van der Waals surface area contributed by atoms with Crippen LogP contribution in [0.4, 0.5) is 5.69 Å². The number of hydrogen-bond acceptors (Lipinski definition) is 7. The number of aromatic nitrogens is 3. The maximum Gasteiger partial charge on any atom is 0.340 e. The van der Waals surface area contributed by atoms with Crippen molar-refractivity contribution in [3.8, 4) is 0 Å². The Kier molecular flexibility index (Phi) is 7.13. The zero-order chi connectivity index (χ0) is 20.8. The Morgan fingerprint density at radius 1 is 1.24 bits per heavy atom. The van der Waals surface area contributed by atoms with Crippen LogP contribution in [0.3, 0.4) is 0 Å². The van der Waals surface area contributed by atoms with Crippen molar-refractivity contribution in [1.82, 2.24) is 14.9 Å². The molecular formula is C20H27N5O3S.